The Kier molecular flexibility index (Phi) is 4.61. The normalized spacial score (nSPS) is 18.9. The molecule has 1 aliphatic rings. The number of rotatable bonds is 3. The van der Waals surface area contributed by atoms with Gasteiger partial charge in [-0.25, -0.2) is 0 Å². The highest BCUT2D eigenvalue weighted by Crippen LogP contribution is 2.26. The van der Waals surface area contributed by atoms with Crippen molar-refractivity contribution in [1.29, 1.82) is 0 Å². The average molecular weight is 310 g/mol. The molecule has 1 unspecified atom stereocenters. The molecule has 6 nitrogen and oxygen atoms in total. The van der Waals surface area contributed by atoms with E-state index < -0.39 is 11.5 Å². The molecule has 21 heavy (non-hydrogen) atoms. The lowest BCUT2D eigenvalue weighted by molar-refractivity contribution is -0.143. The van der Waals surface area contributed by atoms with Gasteiger partial charge >= 0.3 is 0 Å². The molecule has 7 heteroatoms. The maximum atomic E-state index is 12.4. The summed E-state index contributed by atoms with van der Waals surface area (Å²) in [5.41, 5.74) is -0.471. The summed E-state index contributed by atoms with van der Waals surface area (Å²) in [5.74, 6) is -0.143. The second-order valence-corrected chi connectivity index (χ2v) is 7.31. The summed E-state index contributed by atoms with van der Waals surface area (Å²) >= 11 is 1.38. The van der Waals surface area contributed by atoms with Gasteiger partial charge in [-0.05, 0) is 19.3 Å². The fraction of sp³-hybridized carbons (Fsp3) is 0.714. The zero-order valence-corrected chi connectivity index (χ0v) is 13.8. The first-order valence-electron chi connectivity index (χ1n) is 7.27. The summed E-state index contributed by atoms with van der Waals surface area (Å²) < 4.78 is 0. The van der Waals surface area contributed by atoms with Crippen molar-refractivity contribution in [2.45, 2.75) is 53.0 Å². The maximum absolute atomic E-state index is 12.4. The first kappa shape index (κ1) is 15.9. The number of hydrogen-bond acceptors (Lipinski definition) is 5. The Morgan fingerprint density at radius 3 is 2.67 bits per heavy atom. The molecule has 2 rings (SSSR count). The highest BCUT2D eigenvalue weighted by atomic mass is 32.1. The van der Waals surface area contributed by atoms with Crippen LogP contribution in [0.1, 0.15) is 45.5 Å². The molecule has 1 N–H and O–H groups in total. The molecule has 0 aliphatic carbocycles. The Hall–Kier alpha value is -1.50. The molecule has 0 bridgehead atoms. The van der Waals surface area contributed by atoms with E-state index >= 15 is 0 Å². The molecule has 0 radical (unpaired) electrons. The number of carbonyl (C=O) groups excluding carboxylic acids is 2. The van der Waals surface area contributed by atoms with Crippen LogP contribution in [0.4, 0.5) is 5.13 Å². The number of anilines is 1. The van der Waals surface area contributed by atoms with E-state index in [9.17, 15) is 9.59 Å². The van der Waals surface area contributed by atoms with Gasteiger partial charge in [0.1, 0.15) is 11.0 Å². The van der Waals surface area contributed by atoms with Gasteiger partial charge in [-0.1, -0.05) is 39.0 Å². The monoisotopic (exact) mass is 310 g/mol. The molecule has 1 aromatic rings. The van der Waals surface area contributed by atoms with Crippen molar-refractivity contribution < 1.29 is 9.59 Å². The lowest BCUT2D eigenvalue weighted by atomic mass is 9.94. The number of aromatic nitrogens is 2. The fourth-order valence-corrected chi connectivity index (χ4v) is 3.03. The first-order valence-corrected chi connectivity index (χ1v) is 8.09. The highest BCUT2D eigenvalue weighted by Gasteiger charge is 2.38. The third-order valence-electron chi connectivity index (χ3n) is 3.46. The second-order valence-electron chi connectivity index (χ2n) is 6.25. The van der Waals surface area contributed by atoms with Crippen LogP contribution in [0.3, 0.4) is 0 Å². The Balaban J connectivity index is 2.05. The minimum Gasteiger partial charge on any atom is -0.330 e. The van der Waals surface area contributed by atoms with E-state index in [0.717, 1.165) is 17.8 Å². The molecular weight excluding hydrogens is 288 g/mol. The highest BCUT2D eigenvalue weighted by molar-refractivity contribution is 7.15. The van der Waals surface area contributed by atoms with Gasteiger partial charge in [0.05, 0.1) is 0 Å². The Morgan fingerprint density at radius 2 is 2.10 bits per heavy atom. The summed E-state index contributed by atoms with van der Waals surface area (Å²) in [4.78, 5) is 26.5. The van der Waals surface area contributed by atoms with Crippen LogP contribution in [0, 0.1) is 5.41 Å². The molecule has 116 valence electrons. The zero-order valence-electron chi connectivity index (χ0n) is 13.0. The largest absolute Gasteiger partial charge is 0.330 e. The van der Waals surface area contributed by atoms with Gasteiger partial charge in [0, 0.05) is 12.0 Å². The van der Waals surface area contributed by atoms with Gasteiger partial charge in [-0.15, -0.1) is 10.2 Å². The first-order chi connectivity index (χ1) is 9.82. The summed E-state index contributed by atoms with van der Waals surface area (Å²) in [6.07, 6.45) is 2.36. The number of nitrogens with zero attached hydrogens (tertiary/aromatic N) is 3. The van der Waals surface area contributed by atoms with Gasteiger partial charge in [0.25, 0.3) is 0 Å². The molecule has 1 fully saturated rings. The predicted octanol–water partition coefficient (Wildman–Crippen LogP) is 2.08. The molecule has 0 aromatic carbocycles. The van der Waals surface area contributed by atoms with Gasteiger partial charge in [0.15, 0.2) is 0 Å². The Labute approximate surface area is 128 Å². The molecule has 2 heterocycles. The molecule has 1 aliphatic heterocycles. The molecule has 1 aromatic heterocycles. The van der Waals surface area contributed by atoms with Crippen LogP contribution in [0.2, 0.25) is 0 Å². The van der Waals surface area contributed by atoms with Gasteiger partial charge < -0.3 is 4.90 Å². The quantitative estimate of drug-likeness (QED) is 0.927. The zero-order chi connectivity index (χ0) is 15.6. The molecule has 0 saturated carbocycles. The number of nitrogens with one attached hydrogen (secondary N) is 1. The van der Waals surface area contributed by atoms with Crippen LogP contribution in [-0.4, -0.2) is 39.5 Å². The van der Waals surface area contributed by atoms with E-state index in [1.165, 1.54) is 11.3 Å². The van der Waals surface area contributed by atoms with E-state index in [2.05, 4.69) is 15.5 Å². The van der Waals surface area contributed by atoms with Crippen LogP contribution in [-0.2, 0) is 16.0 Å². The van der Waals surface area contributed by atoms with Crippen molar-refractivity contribution in [3.8, 4) is 0 Å². The van der Waals surface area contributed by atoms with Crippen LogP contribution in [0.5, 0.6) is 0 Å². The lowest BCUT2D eigenvalue weighted by Gasteiger charge is -2.29. The smallest absolute Gasteiger partial charge is 0.249 e. The number of aryl methyl sites for hydroxylation is 1. The van der Waals surface area contributed by atoms with Crippen LogP contribution >= 0.6 is 11.3 Å². The lowest BCUT2D eigenvalue weighted by Crippen LogP contribution is -2.47. The SMILES string of the molecule is CCc1nnc(NC(=O)C2CCCN2C(=O)C(C)(C)C)s1. The molecular formula is C14H22N4O2S. The van der Waals surface area contributed by atoms with E-state index in [0.29, 0.717) is 18.1 Å². The minimum absolute atomic E-state index is 0.0201. The summed E-state index contributed by atoms with van der Waals surface area (Å²) in [6.45, 7) is 8.26. The Bertz CT molecular complexity index is 535. The summed E-state index contributed by atoms with van der Waals surface area (Å²) in [5, 5.41) is 12.1. The topological polar surface area (TPSA) is 75.2 Å². The summed E-state index contributed by atoms with van der Waals surface area (Å²) in [7, 11) is 0. The van der Waals surface area contributed by atoms with Gasteiger partial charge in [0.2, 0.25) is 16.9 Å². The Morgan fingerprint density at radius 1 is 1.38 bits per heavy atom. The number of amides is 2. The predicted molar refractivity (Wildman–Crippen MR) is 82.1 cm³/mol. The van der Waals surface area contributed by atoms with Crippen molar-refractivity contribution in [3.63, 3.8) is 0 Å². The van der Waals surface area contributed by atoms with E-state index in [-0.39, 0.29) is 11.8 Å². The number of likely N-dealkylation sites (tertiary alicyclic amines) is 1. The molecule has 1 saturated heterocycles. The van der Waals surface area contributed by atoms with Gasteiger partial charge in [-0.2, -0.15) is 0 Å². The number of hydrogen-bond donors (Lipinski definition) is 1. The fourth-order valence-electron chi connectivity index (χ4n) is 2.35. The molecule has 1 atom stereocenters. The average Bonchev–Trinajstić information content (AvgIpc) is 3.04. The standard InChI is InChI=1S/C14H22N4O2S/c1-5-10-16-17-13(21-10)15-11(19)9-7-6-8-18(9)12(20)14(2,3)4/h9H,5-8H2,1-4H3,(H,15,17,19). The van der Waals surface area contributed by atoms with E-state index in [1.54, 1.807) is 4.90 Å². The van der Waals surface area contributed by atoms with Crippen molar-refractivity contribution in [1.82, 2.24) is 15.1 Å². The van der Waals surface area contributed by atoms with Crippen molar-refractivity contribution in [3.05, 3.63) is 5.01 Å². The van der Waals surface area contributed by atoms with Crippen LogP contribution in [0.25, 0.3) is 0 Å². The van der Waals surface area contributed by atoms with Crippen LogP contribution < -0.4 is 5.32 Å². The van der Waals surface area contributed by atoms with Gasteiger partial charge in [-0.3, -0.25) is 14.9 Å². The maximum Gasteiger partial charge on any atom is 0.249 e. The third-order valence-corrected chi connectivity index (χ3v) is 4.44. The van der Waals surface area contributed by atoms with E-state index in [1.807, 2.05) is 27.7 Å². The van der Waals surface area contributed by atoms with Crippen molar-refractivity contribution in [2.24, 2.45) is 5.41 Å². The van der Waals surface area contributed by atoms with E-state index in [4.69, 9.17) is 0 Å². The molecule has 0 spiro atoms. The summed E-state index contributed by atoms with van der Waals surface area (Å²) in [6, 6.07) is -0.397. The van der Waals surface area contributed by atoms with Crippen molar-refractivity contribution >= 4 is 28.3 Å². The van der Waals surface area contributed by atoms with Crippen LogP contribution in [0.15, 0.2) is 0 Å². The second kappa shape index (κ2) is 6.09. The van der Waals surface area contributed by atoms with Crippen molar-refractivity contribution in [2.75, 3.05) is 11.9 Å². The molecule has 2 amide bonds. The number of carbonyl (C=O) groups is 2. The third kappa shape index (κ3) is 3.58. The minimum atomic E-state index is -0.471.